The van der Waals surface area contributed by atoms with Crippen molar-refractivity contribution in [3.8, 4) is 0 Å². The zero-order valence-electron chi connectivity index (χ0n) is 9.40. The topological polar surface area (TPSA) is 83.5 Å². The molecule has 0 aliphatic heterocycles. The summed E-state index contributed by atoms with van der Waals surface area (Å²) in [6, 6.07) is 6.32. The van der Waals surface area contributed by atoms with Crippen molar-refractivity contribution in [2.24, 2.45) is 0 Å². The SMILES string of the molecule is CC(=O)CCNc1ccccc1C(=O)C(=O)O. The predicted octanol–water partition coefficient (Wildman–Crippen LogP) is 1.34. The highest BCUT2D eigenvalue weighted by atomic mass is 16.4. The van der Waals surface area contributed by atoms with E-state index in [4.69, 9.17) is 5.11 Å². The van der Waals surface area contributed by atoms with Crippen LogP contribution in [0.4, 0.5) is 5.69 Å². The maximum Gasteiger partial charge on any atom is 0.377 e. The molecule has 0 atom stereocenters. The molecule has 5 nitrogen and oxygen atoms in total. The first-order chi connectivity index (χ1) is 8.02. The number of Topliss-reactive ketones (excluding diaryl/α,β-unsaturated/α-hetero) is 2. The van der Waals surface area contributed by atoms with Gasteiger partial charge in [0, 0.05) is 18.7 Å². The van der Waals surface area contributed by atoms with Gasteiger partial charge in [-0.05, 0) is 19.1 Å². The molecule has 0 unspecified atom stereocenters. The molecule has 0 heterocycles. The Morgan fingerprint density at radius 3 is 2.47 bits per heavy atom. The van der Waals surface area contributed by atoms with Gasteiger partial charge >= 0.3 is 5.97 Å². The van der Waals surface area contributed by atoms with Crippen LogP contribution in [0.25, 0.3) is 0 Å². The lowest BCUT2D eigenvalue weighted by molar-refractivity contribution is -0.131. The first kappa shape index (κ1) is 12.9. The summed E-state index contributed by atoms with van der Waals surface area (Å²) in [5.41, 5.74) is 0.532. The molecule has 0 aliphatic rings. The fraction of sp³-hybridized carbons (Fsp3) is 0.250. The van der Waals surface area contributed by atoms with E-state index in [0.717, 1.165) is 0 Å². The number of nitrogens with one attached hydrogen (secondary N) is 1. The number of hydrogen-bond acceptors (Lipinski definition) is 4. The van der Waals surface area contributed by atoms with Crippen LogP contribution in [0.3, 0.4) is 0 Å². The number of carboxylic acid groups (broad SMARTS) is 1. The maximum atomic E-state index is 11.4. The van der Waals surface area contributed by atoms with Crippen LogP contribution in [-0.4, -0.2) is 29.2 Å². The van der Waals surface area contributed by atoms with Crippen molar-refractivity contribution in [2.75, 3.05) is 11.9 Å². The molecule has 0 saturated heterocycles. The molecule has 1 aromatic rings. The van der Waals surface area contributed by atoms with Gasteiger partial charge in [0.05, 0.1) is 5.56 Å². The summed E-state index contributed by atoms with van der Waals surface area (Å²) >= 11 is 0. The van der Waals surface area contributed by atoms with Crippen molar-refractivity contribution in [2.45, 2.75) is 13.3 Å². The number of aliphatic carboxylic acids is 1. The Labute approximate surface area is 98.4 Å². The Bertz CT molecular complexity index is 454. The largest absolute Gasteiger partial charge is 0.475 e. The lowest BCUT2D eigenvalue weighted by atomic mass is 10.1. The maximum absolute atomic E-state index is 11.4. The van der Waals surface area contributed by atoms with Gasteiger partial charge in [0.15, 0.2) is 0 Å². The molecule has 5 heteroatoms. The molecule has 0 bridgehead atoms. The zero-order chi connectivity index (χ0) is 12.8. The number of hydrogen-bond donors (Lipinski definition) is 2. The Morgan fingerprint density at radius 1 is 1.24 bits per heavy atom. The van der Waals surface area contributed by atoms with Crippen LogP contribution in [0.5, 0.6) is 0 Å². The Balaban J connectivity index is 2.81. The Morgan fingerprint density at radius 2 is 1.88 bits per heavy atom. The van der Waals surface area contributed by atoms with E-state index < -0.39 is 11.8 Å². The first-order valence-corrected chi connectivity index (χ1v) is 5.12. The van der Waals surface area contributed by atoms with E-state index in [1.54, 1.807) is 18.2 Å². The summed E-state index contributed by atoms with van der Waals surface area (Å²) in [4.78, 5) is 32.7. The molecule has 0 radical (unpaired) electrons. The molecule has 0 saturated carbocycles. The van der Waals surface area contributed by atoms with Crippen molar-refractivity contribution in [3.63, 3.8) is 0 Å². The van der Waals surface area contributed by atoms with Crippen LogP contribution < -0.4 is 5.32 Å². The minimum Gasteiger partial charge on any atom is -0.475 e. The molecule has 0 fully saturated rings. The van der Waals surface area contributed by atoms with Crippen molar-refractivity contribution in [1.29, 1.82) is 0 Å². The number of rotatable bonds is 6. The Hall–Kier alpha value is -2.17. The summed E-state index contributed by atoms with van der Waals surface area (Å²) < 4.78 is 0. The molecular weight excluding hydrogens is 222 g/mol. The predicted molar refractivity (Wildman–Crippen MR) is 62.2 cm³/mol. The van der Waals surface area contributed by atoms with E-state index in [9.17, 15) is 14.4 Å². The number of ketones is 2. The van der Waals surface area contributed by atoms with Crippen LogP contribution in [0, 0.1) is 0 Å². The number of benzene rings is 1. The average molecular weight is 235 g/mol. The highest BCUT2D eigenvalue weighted by Crippen LogP contribution is 2.15. The zero-order valence-corrected chi connectivity index (χ0v) is 9.40. The second kappa shape index (κ2) is 5.79. The molecule has 0 spiro atoms. The first-order valence-electron chi connectivity index (χ1n) is 5.12. The third-order valence-electron chi connectivity index (χ3n) is 2.16. The third-order valence-corrected chi connectivity index (χ3v) is 2.16. The van der Waals surface area contributed by atoms with Crippen molar-refractivity contribution in [3.05, 3.63) is 29.8 Å². The van der Waals surface area contributed by atoms with Crippen LogP contribution in [-0.2, 0) is 9.59 Å². The van der Waals surface area contributed by atoms with Gasteiger partial charge in [-0.2, -0.15) is 0 Å². The number of carboxylic acids is 1. The van der Waals surface area contributed by atoms with Gasteiger partial charge in [-0.15, -0.1) is 0 Å². The van der Waals surface area contributed by atoms with Gasteiger partial charge in [0.1, 0.15) is 5.78 Å². The average Bonchev–Trinajstić information content (AvgIpc) is 2.28. The normalized spacial score (nSPS) is 9.71. The van der Waals surface area contributed by atoms with Crippen molar-refractivity contribution < 1.29 is 19.5 Å². The third kappa shape index (κ3) is 3.71. The van der Waals surface area contributed by atoms with Crippen LogP contribution in [0.15, 0.2) is 24.3 Å². The molecule has 2 N–H and O–H groups in total. The Kier molecular flexibility index (Phi) is 4.39. The van der Waals surface area contributed by atoms with Crippen LogP contribution in [0.1, 0.15) is 23.7 Å². The number of carbonyl (C=O) groups is 3. The fourth-order valence-electron chi connectivity index (χ4n) is 1.32. The highest BCUT2D eigenvalue weighted by Gasteiger charge is 2.17. The number of anilines is 1. The van der Waals surface area contributed by atoms with Gasteiger partial charge in [-0.25, -0.2) is 4.79 Å². The molecule has 90 valence electrons. The summed E-state index contributed by atoms with van der Waals surface area (Å²) in [7, 11) is 0. The van der Waals surface area contributed by atoms with Gasteiger partial charge in [0.25, 0.3) is 5.78 Å². The fourth-order valence-corrected chi connectivity index (χ4v) is 1.32. The van der Waals surface area contributed by atoms with E-state index in [1.807, 2.05) is 0 Å². The monoisotopic (exact) mass is 235 g/mol. The highest BCUT2D eigenvalue weighted by molar-refractivity contribution is 6.41. The molecule has 0 amide bonds. The van der Waals surface area contributed by atoms with Crippen LogP contribution in [0.2, 0.25) is 0 Å². The quantitative estimate of drug-likeness (QED) is 0.574. The molecule has 0 aromatic heterocycles. The lowest BCUT2D eigenvalue weighted by Crippen LogP contribution is -2.16. The molecular formula is C12H13NO4. The summed E-state index contributed by atoms with van der Waals surface area (Å²) in [6.45, 7) is 1.84. The summed E-state index contributed by atoms with van der Waals surface area (Å²) in [5.74, 6) is -2.43. The van der Waals surface area contributed by atoms with Crippen LogP contribution >= 0.6 is 0 Å². The molecule has 1 rings (SSSR count). The van der Waals surface area contributed by atoms with Gasteiger partial charge in [-0.3, -0.25) is 9.59 Å². The lowest BCUT2D eigenvalue weighted by Gasteiger charge is -2.08. The number of carbonyl (C=O) groups excluding carboxylic acids is 2. The molecule has 0 aliphatic carbocycles. The van der Waals surface area contributed by atoms with E-state index in [2.05, 4.69) is 5.32 Å². The van der Waals surface area contributed by atoms with Crippen molar-refractivity contribution in [1.82, 2.24) is 0 Å². The van der Waals surface area contributed by atoms with Gasteiger partial charge in [0.2, 0.25) is 0 Å². The standard InChI is InChI=1S/C12H13NO4/c1-8(14)6-7-13-10-5-3-2-4-9(10)11(15)12(16)17/h2-5,13H,6-7H2,1H3,(H,16,17). The molecule has 17 heavy (non-hydrogen) atoms. The number of para-hydroxylation sites is 1. The summed E-state index contributed by atoms with van der Waals surface area (Å²) in [6.07, 6.45) is 0.329. The minimum atomic E-state index is -1.49. The summed E-state index contributed by atoms with van der Waals surface area (Å²) in [5, 5.41) is 11.5. The van der Waals surface area contributed by atoms with Gasteiger partial charge in [-0.1, -0.05) is 12.1 Å². The second-order valence-corrected chi connectivity index (χ2v) is 3.56. The van der Waals surface area contributed by atoms with E-state index in [1.165, 1.54) is 13.0 Å². The smallest absolute Gasteiger partial charge is 0.377 e. The minimum absolute atomic E-state index is 0.0274. The van der Waals surface area contributed by atoms with E-state index in [0.29, 0.717) is 18.7 Å². The van der Waals surface area contributed by atoms with Crippen molar-refractivity contribution >= 4 is 23.2 Å². The van der Waals surface area contributed by atoms with E-state index in [-0.39, 0.29) is 11.3 Å². The second-order valence-electron chi connectivity index (χ2n) is 3.56. The molecule has 1 aromatic carbocycles. The van der Waals surface area contributed by atoms with Gasteiger partial charge < -0.3 is 10.4 Å². The van der Waals surface area contributed by atoms with E-state index >= 15 is 0 Å².